The molecule has 6 aliphatic heterocycles. The third-order valence-corrected chi connectivity index (χ3v) is 6.35. The summed E-state index contributed by atoms with van der Waals surface area (Å²) < 4.78 is 54.2. The second kappa shape index (κ2) is 3.90. The Morgan fingerprint density at radius 3 is 1.16 bits per heavy atom. The monoisotopic (exact) mass is 311 g/mol. The minimum atomic E-state index is -3.31. The molecule has 6 fully saturated rings. The molecule has 6 saturated heterocycles. The minimum Gasteiger partial charge on any atom is -0.286 e. The van der Waals surface area contributed by atoms with Crippen LogP contribution in [0.2, 0.25) is 0 Å². The van der Waals surface area contributed by atoms with Crippen LogP contribution in [0.4, 0.5) is 0 Å². The fourth-order valence-electron chi connectivity index (χ4n) is 2.62. The Kier molecular flexibility index (Phi) is 2.65. The van der Waals surface area contributed by atoms with Gasteiger partial charge in [-0.3, -0.25) is 27.1 Å². The molecule has 0 amide bonds. The normalized spacial score (nSPS) is 56.4. The number of hydrogen-bond donors (Lipinski definition) is 0. The van der Waals surface area contributed by atoms with Crippen molar-refractivity contribution in [3.05, 3.63) is 6.42 Å². The Morgan fingerprint density at radius 1 is 0.632 bits per heavy atom. The van der Waals surface area contributed by atoms with E-state index < -0.39 is 26.5 Å². The minimum absolute atomic E-state index is 0.268. The van der Waals surface area contributed by atoms with Gasteiger partial charge in [0.05, 0.1) is 39.6 Å². The smallest absolute Gasteiger partial charge is 0.286 e. The van der Waals surface area contributed by atoms with Crippen LogP contribution in [0.25, 0.3) is 0 Å². The van der Waals surface area contributed by atoms with Crippen molar-refractivity contribution in [1.29, 1.82) is 0 Å². The van der Waals surface area contributed by atoms with Gasteiger partial charge in [0.25, 0.3) is 0 Å². The molecule has 0 aromatic carbocycles. The van der Waals surface area contributed by atoms with Gasteiger partial charge in [-0.2, -0.15) is 0 Å². The summed E-state index contributed by atoms with van der Waals surface area (Å²) in [7, 11) is -6.63. The van der Waals surface area contributed by atoms with E-state index in [1.54, 1.807) is 0 Å². The highest BCUT2D eigenvalue weighted by molar-refractivity contribution is 7.48. The van der Waals surface area contributed by atoms with E-state index in [0.717, 1.165) is 0 Å². The number of fused-ring (bicyclic) bond motifs is 6. The maximum absolute atomic E-state index is 11.7. The first kappa shape index (κ1) is 12.9. The zero-order valence-corrected chi connectivity index (χ0v) is 11.8. The van der Waals surface area contributed by atoms with E-state index in [-0.39, 0.29) is 39.6 Å². The zero-order valence-electron chi connectivity index (χ0n) is 9.98. The predicted molar refractivity (Wildman–Crippen MR) is 60.1 cm³/mol. The lowest BCUT2D eigenvalue weighted by molar-refractivity contribution is -0.122. The van der Waals surface area contributed by atoms with E-state index in [0.29, 0.717) is 0 Å². The number of hydrogen-bond acceptors (Lipinski definition) is 8. The molecule has 0 aromatic rings. The Balaban J connectivity index is 1.53. The summed E-state index contributed by atoms with van der Waals surface area (Å²) in [5, 5.41) is 0. The third-order valence-electron chi connectivity index (χ3n) is 3.67. The van der Waals surface area contributed by atoms with Gasteiger partial charge in [-0.05, 0) is 6.42 Å². The van der Waals surface area contributed by atoms with Gasteiger partial charge in [-0.1, -0.05) is 0 Å². The summed E-state index contributed by atoms with van der Waals surface area (Å²) in [5.74, 6) is 0. The summed E-state index contributed by atoms with van der Waals surface area (Å²) in [6, 6.07) is 0. The topological polar surface area (TPSA) is 89.5 Å². The third kappa shape index (κ3) is 2.06. The van der Waals surface area contributed by atoms with Crippen LogP contribution in [0.15, 0.2) is 0 Å². The maximum Gasteiger partial charge on any atom is 0.474 e. The molecule has 6 heterocycles. The Morgan fingerprint density at radius 2 is 0.895 bits per heavy atom. The molecule has 10 heteroatoms. The second-order valence-electron chi connectivity index (χ2n) is 5.40. The first-order chi connectivity index (χ1) is 8.95. The fourth-order valence-corrected chi connectivity index (χ4v) is 5.56. The van der Waals surface area contributed by atoms with E-state index in [1.165, 1.54) is 0 Å². The summed E-state index contributed by atoms with van der Waals surface area (Å²) in [5.41, 5.74) is -0.998. The molecule has 0 saturated carbocycles. The maximum atomic E-state index is 11.7. The highest BCUT2D eigenvalue weighted by Gasteiger charge is 2.58. The lowest BCUT2D eigenvalue weighted by Crippen LogP contribution is -2.54. The second-order valence-corrected chi connectivity index (χ2v) is 8.74. The average molecular weight is 311 g/mol. The highest BCUT2D eigenvalue weighted by Crippen LogP contribution is 2.65. The molecule has 1 radical (unpaired) electrons. The SMILES string of the molecule is O=P12OCC([CH]C34COP(=O)(OC3)OC4)(CO1)CO2. The molecule has 8 nitrogen and oxygen atoms in total. The van der Waals surface area contributed by atoms with E-state index in [2.05, 4.69) is 0 Å². The van der Waals surface area contributed by atoms with Gasteiger partial charge in [-0.25, -0.2) is 9.13 Å². The van der Waals surface area contributed by atoms with Crippen LogP contribution in [0.5, 0.6) is 0 Å². The van der Waals surface area contributed by atoms with E-state index in [1.807, 2.05) is 6.42 Å². The van der Waals surface area contributed by atoms with Crippen molar-refractivity contribution in [3.63, 3.8) is 0 Å². The van der Waals surface area contributed by atoms with Gasteiger partial charge in [0.2, 0.25) is 0 Å². The lowest BCUT2D eigenvalue weighted by Gasteiger charge is -2.51. The molecule has 6 aliphatic rings. The number of phosphoric ester groups is 2. The molecule has 0 aliphatic carbocycles. The van der Waals surface area contributed by atoms with Crippen LogP contribution in [-0.4, -0.2) is 39.6 Å². The first-order valence-corrected chi connectivity index (χ1v) is 8.81. The molecule has 19 heavy (non-hydrogen) atoms. The lowest BCUT2D eigenvalue weighted by atomic mass is 9.73. The Hall–Kier alpha value is 0.220. The standard InChI is InChI=1S/C9H13O8P2/c10-18-12-2-8(3-13-18,4-14-18)1-9-5-15-19(11,16-6-9)17-7-9/h1H,2-7H2. The van der Waals surface area contributed by atoms with Crippen LogP contribution in [0.3, 0.4) is 0 Å². The summed E-state index contributed by atoms with van der Waals surface area (Å²) in [6.07, 6.45) is 1.96. The molecule has 0 atom stereocenters. The Bertz CT molecular complexity index is 398. The zero-order chi connectivity index (χ0) is 13.2. The fraction of sp³-hybridized carbons (Fsp3) is 0.889. The molecule has 0 aromatic heterocycles. The molecule has 0 N–H and O–H groups in total. The van der Waals surface area contributed by atoms with Crippen molar-refractivity contribution < 1.29 is 36.3 Å². The van der Waals surface area contributed by atoms with Gasteiger partial charge < -0.3 is 0 Å². The van der Waals surface area contributed by atoms with Gasteiger partial charge in [-0.15, -0.1) is 0 Å². The van der Waals surface area contributed by atoms with Crippen molar-refractivity contribution in [2.45, 2.75) is 0 Å². The molecule has 0 unspecified atom stereocenters. The quantitative estimate of drug-likeness (QED) is 0.709. The predicted octanol–water partition coefficient (Wildman–Crippen LogP) is 1.53. The number of phosphoric acid groups is 2. The van der Waals surface area contributed by atoms with Gasteiger partial charge >= 0.3 is 15.6 Å². The highest BCUT2D eigenvalue weighted by atomic mass is 31.2. The van der Waals surface area contributed by atoms with Crippen molar-refractivity contribution in [2.75, 3.05) is 39.6 Å². The van der Waals surface area contributed by atoms with Crippen molar-refractivity contribution in [2.24, 2.45) is 10.8 Å². The van der Waals surface area contributed by atoms with Crippen LogP contribution in [0, 0.1) is 17.3 Å². The summed E-state index contributed by atoms with van der Waals surface area (Å²) >= 11 is 0. The van der Waals surface area contributed by atoms with Crippen molar-refractivity contribution in [3.8, 4) is 0 Å². The van der Waals surface area contributed by atoms with Gasteiger partial charge in [0.1, 0.15) is 0 Å². The molecular weight excluding hydrogens is 298 g/mol. The van der Waals surface area contributed by atoms with Gasteiger partial charge in [0, 0.05) is 10.8 Å². The first-order valence-electron chi connectivity index (χ1n) is 5.89. The van der Waals surface area contributed by atoms with Crippen LogP contribution < -0.4 is 0 Å². The van der Waals surface area contributed by atoms with E-state index in [4.69, 9.17) is 27.1 Å². The van der Waals surface area contributed by atoms with Crippen LogP contribution >= 0.6 is 15.6 Å². The van der Waals surface area contributed by atoms with E-state index in [9.17, 15) is 9.13 Å². The van der Waals surface area contributed by atoms with Gasteiger partial charge in [0.15, 0.2) is 0 Å². The molecule has 0 spiro atoms. The van der Waals surface area contributed by atoms with Crippen molar-refractivity contribution in [1.82, 2.24) is 0 Å². The van der Waals surface area contributed by atoms with Crippen LogP contribution in [0.1, 0.15) is 0 Å². The van der Waals surface area contributed by atoms with E-state index >= 15 is 0 Å². The molecular formula is C9H13O8P2. The summed E-state index contributed by atoms with van der Waals surface area (Å²) in [6.45, 7) is 1.61. The Labute approximate surface area is 109 Å². The molecule has 6 rings (SSSR count). The average Bonchev–Trinajstić information content (AvgIpc) is 2.43. The molecule has 107 valence electrons. The molecule has 4 bridgehead atoms. The van der Waals surface area contributed by atoms with Crippen LogP contribution in [-0.2, 0) is 36.3 Å². The summed E-state index contributed by atoms with van der Waals surface area (Å²) in [4.78, 5) is 0. The van der Waals surface area contributed by atoms with Crippen molar-refractivity contribution >= 4 is 15.6 Å². The largest absolute Gasteiger partial charge is 0.474 e. The number of rotatable bonds is 2.